The molecule has 1 aliphatic heterocycles. The number of carbonyl (C=O) groups is 1. The van der Waals surface area contributed by atoms with Gasteiger partial charge in [-0.3, -0.25) is 0 Å². The molecule has 0 unspecified atom stereocenters. The molecule has 0 atom stereocenters. The Balaban J connectivity index is 1.34. The molecule has 178 valence electrons. The summed E-state index contributed by atoms with van der Waals surface area (Å²) < 4.78 is 0. The van der Waals surface area contributed by atoms with E-state index in [1.54, 1.807) is 0 Å². The van der Waals surface area contributed by atoms with Gasteiger partial charge in [-0.25, -0.2) is 4.79 Å². The van der Waals surface area contributed by atoms with Crippen LogP contribution in [0.25, 0.3) is 5.70 Å². The van der Waals surface area contributed by atoms with Gasteiger partial charge in [0.15, 0.2) is 0 Å². The fourth-order valence-corrected chi connectivity index (χ4v) is 4.60. The van der Waals surface area contributed by atoms with Crippen LogP contribution in [0, 0.1) is 25.2 Å². The molecule has 0 spiro atoms. The fourth-order valence-electron chi connectivity index (χ4n) is 4.60. The van der Waals surface area contributed by atoms with Crippen LogP contribution in [0.5, 0.6) is 0 Å². The first-order valence-corrected chi connectivity index (χ1v) is 12.1. The van der Waals surface area contributed by atoms with E-state index in [1.807, 2.05) is 56.3 Å². The number of benzene rings is 3. The van der Waals surface area contributed by atoms with Gasteiger partial charge >= 0.3 is 6.03 Å². The average Bonchev–Trinajstić information content (AvgIpc) is 2.88. The zero-order valence-corrected chi connectivity index (χ0v) is 20.5. The molecule has 3 aromatic carbocycles. The molecular formula is C30H32N4O. The Labute approximate surface area is 208 Å². The number of aryl methyl sites for hydroxylation is 2. The molecule has 0 radical (unpaired) electrons. The van der Waals surface area contributed by atoms with Gasteiger partial charge in [-0.15, -0.1) is 0 Å². The lowest BCUT2D eigenvalue weighted by molar-refractivity contribution is 0.251. The van der Waals surface area contributed by atoms with E-state index in [2.05, 4.69) is 52.4 Å². The van der Waals surface area contributed by atoms with Crippen molar-refractivity contribution in [3.8, 4) is 6.07 Å². The van der Waals surface area contributed by atoms with Crippen molar-refractivity contribution in [3.63, 3.8) is 0 Å². The second-order valence-electron chi connectivity index (χ2n) is 9.27. The molecule has 0 aliphatic carbocycles. The monoisotopic (exact) mass is 464 g/mol. The summed E-state index contributed by atoms with van der Waals surface area (Å²) in [6.07, 6.45) is 2.09. The average molecular weight is 465 g/mol. The number of nitrogens with zero attached hydrogens (tertiary/aromatic N) is 2. The van der Waals surface area contributed by atoms with Crippen molar-refractivity contribution in [2.24, 2.45) is 0 Å². The molecule has 0 aromatic heterocycles. The van der Waals surface area contributed by atoms with E-state index in [4.69, 9.17) is 5.26 Å². The normalized spacial score (nSPS) is 13.7. The maximum atomic E-state index is 12.5. The molecule has 2 amide bonds. The van der Waals surface area contributed by atoms with Gasteiger partial charge in [0.2, 0.25) is 0 Å². The summed E-state index contributed by atoms with van der Waals surface area (Å²) in [6, 6.07) is 24.1. The number of nitriles is 1. The first kappa shape index (κ1) is 24.1. The first-order valence-electron chi connectivity index (χ1n) is 12.1. The maximum absolute atomic E-state index is 12.5. The standard InChI is InChI=1S/C30H32N4O/c1-21-5-4-6-25(17-21)20-32-30(35)33-29-18-28(10-7-22(29)2)23(3)34-15-13-27(14-16-34)26-11-8-24(19-31)9-12-26/h4-12,17-18,27H,3,13-16,20H2,1-2H3,(H2,32,33,35). The SMILES string of the molecule is C=C(c1ccc(C)c(NC(=O)NCc2cccc(C)c2)c1)N1CCC(c2ccc(C#N)cc2)CC1. The van der Waals surface area contributed by atoms with Crippen LogP contribution < -0.4 is 10.6 Å². The number of urea groups is 1. The summed E-state index contributed by atoms with van der Waals surface area (Å²) in [5.41, 5.74) is 8.04. The van der Waals surface area contributed by atoms with Crippen molar-refractivity contribution >= 4 is 17.4 Å². The largest absolute Gasteiger partial charge is 0.371 e. The molecule has 1 aliphatic rings. The van der Waals surface area contributed by atoms with E-state index in [-0.39, 0.29) is 6.03 Å². The molecule has 0 bridgehead atoms. The van der Waals surface area contributed by atoms with Crippen LogP contribution in [0.15, 0.2) is 73.3 Å². The van der Waals surface area contributed by atoms with Crippen molar-refractivity contribution < 1.29 is 4.79 Å². The Bertz CT molecular complexity index is 1250. The highest BCUT2D eigenvalue weighted by atomic mass is 16.2. The Morgan fingerprint density at radius 1 is 1.06 bits per heavy atom. The summed E-state index contributed by atoms with van der Waals surface area (Å²) in [5, 5.41) is 15.0. The summed E-state index contributed by atoms with van der Waals surface area (Å²) >= 11 is 0. The number of amides is 2. The van der Waals surface area contributed by atoms with E-state index in [9.17, 15) is 4.79 Å². The second-order valence-corrected chi connectivity index (χ2v) is 9.27. The van der Waals surface area contributed by atoms with E-state index >= 15 is 0 Å². The lowest BCUT2D eigenvalue weighted by atomic mass is 9.88. The van der Waals surface area contributed by atoms with Gasteiger partial charge in [-0.1, -0.05) is 60.7 Å². The van der Waals surface area contributed by atoms with Crippen LogP contribution in [0.4, 0.5) is 10.5 Å². The smallest absolute Gasteiger partial charge is 0.319 e. The number of carbonyl (C=O) groups excluding carboxylic acids is 1. The molecule has 1 saturated heterocycles. The lowest BCUT2D eigenvalue weighted by Crippen LogP contribution is -2.31. The number of piperidine rings is 1. The van der Waals surface area contributed by atoms with Crippen LogP contribution in [0.3, 0.4) is 0 Å². The van der Waals surface area contributed by atoms with Gasteiger partial charge in [0.05, 0.1) is 11.6 Å². The minimum absolute atomic E-state index is 0.222. The van der Waals surface area contributed by atoms with Gasteiger partial charge in [0.1, 0.15) is 0 Å². The summed E-state index contributed by atoms with van der Waals surface area (Å²) in [6.45, 7) is 10.7. The summed E-state index contributed by atoms with van der Waals surface area (Å²) in [5.74, 6) is 0.499. The molecule has 35 heavy (non-hydrogen) atoms. The first-order chi connectivity index (χ1) is 16.9. The zero-order chi connectivity index (χ0) is 24.8. The molecule has 3 aromatic rings. The highest BCUT2D eigenvalue weighted by molar-refractivity contribution is 5.90. The molecular weight excluding hydrogens is 432 g/mol. The van der Waals surface area contributed by atoms with Crippen LogP contribution in [0.2, 0.25) is 0 Å². The van der Waals surface area contributed by atoms with E-state index in [0.717, 1.165) is 54.0 Å². The zero-order valence-electron chi connectivity index (χ0n) is 20.5. The Morgan fingerprint density at radius 3 is 2.49 bits per heavy atom. The van der Waals surface area contributed by atoms with Crippen molar-refractivity contribution in [3.05, 3.63) is 107 Å². The number of hydrogen-bond acceptors (Lipinski definition) is 3. The number of hydrogen-bond donors (Lipinski definition) is 2. The van der Waals surface area contributed by atoms with Gasteiger partial charge in [-0.2, -0.15) is 5.26 Å². The van der Waals surface area contributed by atoms with Crippen molar-refractivity contribution in [2.45, 2.75) is 39.2 Å². The van der Waals surface area contributed by atoms with Gasteiger partial charge in [0, 0.05) is 31.0 Å². The third-order valence-electron chi connectivity index (χ3n) is 6.74. The fraction of sp³-hybridized carbons (Fsp3) is 0.267. The highest BCUT2D eigenvalue weighted by Gasteiger charge is 2.22. The Morgan fingerprint density at radius 2 is 1.80 bits per heavy atom. The maximum Gasteiger partial charge on any atom is 0.319 e. The number of nitrogens with one attached hydrogen (secondary N) is 2. The topological polar surface area (TPSA) is 68.2 Å². The van der Waals surface area contributed by atoms with E-state index in [1.165, 1.54) is 11.1 Å². The van der Waals surface area contributed by atoms with Crippen LogP contribution >= 0.6 is 0 Å². The van der Waals surface area contributed by atoms with Gasteiger partial charge in [-0.05, 0) is 73.1 Å². The molecule has 1 heterocycles. The third-order valence-corrected chi connectivity index (χ3v) is 6.74. The van der Waals surface area contributed by atoms with Crippen molar-refractivity contribution in [1.29, 1.82) is 5.26 Å². The molecule has 4 rings (SSSR count). The number of anilines is 1. The lowest BCUT2D eigenvalue weighted by Gasteiger charge is -2.35. The van der Waals surface area contributed by atoms with Gasteiger partial charge in [0.25, 0.3) is 0 Å². The molecule has 2 N–H and O–H groups in total. The molecule has 0 saturated carbocycles. The van der Waals surface area contributed by atoms with Crippen molar-refractivity contribution in [2.75, 3.05) is 18.4 Å². The van der Waals surface area contributed by atoms with E-state index < -0.39 is 0 Å². The van der Waals surface area contributed by atoms with Crippen molar-refractivity contribution in [1.82, 2.24) is 10.2 Å². The van der Waals surface area contributed by atoms with E-state index in [0.29, 0.717) is 18.0 Å². The van der Waals surface area contributed by atoms with Crippen LogP contribution in [0.1, 0.15) is 52.1 Å². The van der Waals surface area contributed by atoms with Crippen LogP contribution in [-0.4, -0.2) is 24.0 Å². The number of likely N-dealkylation sites (tertiary alicyclic amines) is 1. The summed E-state index contributed by atoms with van der Waals surface area (Å²) in [4.78, 5) is 14.9. The van der Waals surface area contributed by atoms with Gasteiger partial charge < -0.3 is 15.5 Å². The molecule has 5 heteroatoms. The molecule has 5 nitrogen and oxygen atoms in total. The van der Waals surface area contributed by atoms with Crippen LogP contribution in [-0.2, 0) is 6.54 Å². The Kier molecular flexibility index (Phi) is 7.52. The minimum atomic E-state index is -0.222. The second kappa shape index (κ2) is 10.9. The highest BCUT2D eigenvalue weighted by Crippen LogP contribution is 2.32. The summed E-state index contributed by atoms with van der Waals surface area (Å²) in [7, 11) is 0. The molecule has 1 fully saturated rings. The number of rotatable bonds is 6. The quantitative estimate of drug-likeness (QED) is 0.447. The third kappa shape index (κ3) is 6.10. The predicted octanol–water partition coefficient (Wildman–Crippen LogP) is 6.35. The predicted molar refractivity (Wildman–Crippen MR) is 142 cm³/mol. The Hall–Kier alpha value is -4.04. The minimum Gasteiger partial charge on any atom is -0.371 e.